The van der Waals surface area contributed by atoms with Gasteiger partial charge in [-0.15, -0.1) is 0 Å². The molecule has 4 nitrogen and oxygen atoms in total. The highest BCUT2D eigenvalue weighted by molar-refractivity contribution is 6.12. The van der Waals surface area contributed by atoms with Crippen molar-refractivity contribution in [2.75, 3.05) is 18.1 Å². The van der Waals surface area contributed by atoms with E-state index in [1.54, 1.807) is 4.90 Å². The molecule has 1 fully saturated rings. The molecule has 1 unspecified atom stereocenters. The molecule has 0 N–H and O–H groups in total. The molecule has 1 aliphatic rings. The maximum atomic E-state index is 13.7. The van der Waals surface area contributed by atoms with Crippen LogP contribution in [0.3, 0.4) is 0 Å². The van der Waals surface area contributed by atoms with Crippen LogP contribution in [0.15, 0.2) is 78.9 Å². The SMILES string of the molecule is CCc1cccc(C(=O)N(c2ccccc2)c2ccccc2)c1OCC1CO1. The number of hydrogen-bond donors (Lipinski definition) is 0. The maximum absolute atomic E-state index is 13.7. The van der Waals surface area contributed by atoms with E-state index in [1.165, 1.54) is 0 Å². The zero-order valence-electron chi connectivity index (χ0n) is 15.9. The topological polar surface area (TPSA) is 42.1 Å². The molecule has 0 radical (unpaired) electrons. The highest BCUT2D eigenvalue weighted by atomic mass is 16.6. The summed E-state index contributed by atoms with van der Waals surface area (Å²) in [4.78, 5) is 15.4. The van der Waals surface area contributed by atoms with Crippen molar-refractivity contribution >= 4 is 17.3 Å². The molecular weight excluding hydrogens is 350 g/mol. The van der Waals surface area contributed by atoms with Gasteiger partial charge in [-0.25, -0.2) is 0 Å². The van der Waals surface area contributed by atoms with Crippen LogP contribution in [0, 0.1) is 0 Å². The number of amides is 1. The molecule has 0 bridgehead atoms. The quantitative estimate of drug-likeness (QED) is 0.547. The van der Waals surface area contributed by atoms with E-state index in [4.69, 9.17) is 9.47 Å². The summed E-state index contributed by atoms with van der Waals surface area (Å²) in [5.74, 6) is 0.543. The normalized spacial score (nSPS) is 15.1. The lowest BCUT2D eigenvalue weighted by molar-refractivity contribution is 0.0994. The Kier molecular flexibility index (Phi) is 5.40. The van der Waals surface area contributed by atoms with Gasteiger partial charge in [-0.3, -0.25) is 9.69 Å². The third-order valence-electron chi connectivity index (χ3n) is 4.76. The Hall–Kier alpha value is -3.11. The molecule has 3 aromatic rings. The molecule has 1 heterocycles. The summed E-state index contributed by atoms with van der Waals surface area (Å²) in [6, 6.07) is 25.1. The number of ether oxygens (including phenoxy) is 2. The molecule has 1 aliphatic heterocycles. The third-order valence-corrected chi connectivity index (χ3v) is 4.76. The Morgan fingerprint density at radius 3 is 2.11 bits per heavy atom. The number of para-hydroxylation sites is 3. The Bertz CT molecular complexity index is 897. The summed E-state index contributed by atoms with van der Waals surface area (Å²) in [7, 11) is 0. The first-order valence-electron chi connectivity index (χ1n) is 9.58. The molecule has 0 aliphatic carbocycles. The fraction of sp³-hybridized carbons (Fsp3) is 0.208. The van der Waals surface area contributed by atoms with E-state index in [0.717, 1.165) is 30.0 Å². The Morgan fingerprint density at radius 2 is 1.57 bits per heavy atom. The number of epoxide rings is 1. The molecule has 1 atom stereocenters. The van der Waals surface area contributed by atoms with Gasteiger partial charge in [-0.05, 0) is 42.3 Å². The molecule has 1 amide bonds. The van der Waals surface area contributed by atoms with Gasteiger partial charge in [-0.1, -0.05) is 55.5 Å². The fourth-order valence-corrected chi connectivity index (χ4v) is 3.20. The van der Waals surface area contributed by atoms with Crippen molar-refractivity contribution in [3.63, 3.8) is 0 Å². The van der Waals surface area contributed by atoms with E-state index < -0.39 is 0 Å². The number of hydrogen-bond acceptors (Lipinski definition) is 3. The van der Waals surface area contributed by atoms with Crippen molar-refractivity contribution in [2.45, 2.75) is 19.4 Å². The van der Waals surface area contributed by atoms with Crippen molar-refractivity contribution in [3.8, 4) is 5.75 Å². The number of rotatable bonds is 7. The van der Waals surface area contributed by atoms with Crippen LogP contribution in [0.4, 0.5) is 11.4 Å². The molecule has 4 heteroatoms. The average molecular weight is 373 g/mol. The number of carbonyl (C=O) groups is 1. The van der Waals surface area contributed by atoms with Gasteiger partial charge in [0.25, 0.3) is 5.91 Å². The van der Waals surface area contributed by atoms with Gasteiger partial charge in [0.05, 0.1) is 12.2 Å². The summed E-state index contributed by atoms with van der Waals surface area (Å²) >= 11 is 0. The number of anilines is 2. The highest BCUT2D eigenvalue weighted by Gasteiger charge is 2.27. The second-order valence-electron chi connectivity index (χ2n) is 6.73. The van der Waals surface area contributed by atoms with Crippen LogP contribution in [0.2, 0.25) is 0 Å². The minimum atomic E-state index is -0.112. The zero-order valence-corrected chi connectivity index (χ0v) is 15.9. The number of aryl methyl sites for hydroxylation is 1. The van der Waals surface area contributed by atoms with Gasteiger partial charge in [-0.2, -0.15) is 0 Å². The van der Waals surface area contributed by atoms with Gasteiger partial charge < -0.3 is 9.47 Å². The average Bonchev–Trinajstić information content (AvgIpc) is 3.58. The van der Waals surface area contributed by atoms with Crippen molar-refractivity contribution in [1.29, 1.82) is 0 Å². The smallest absolute Gasteiger partial charge is 0.266 e. The lowest BCUT2D eigenvalue weighted by Crippen LogP contribution is -2.27. The Morgan fingerprint density at radius 1 is 0.964 bits per heavy atom. The molecule has 142 valence electrons. The lowest BCUT2D eigenvalue weighted by atomic mass is 10.0. The van der Waals surface area contributed by atoms with Crippen LogP contribution in [0.1, 0.15) is 22.8 Å². The molecule has 0 spiro atoms. The number of nitrogens with zero attached hydrogens (tertiary/aromatic N) is 1. The zero-order chi connectivity index (χ0) is 19.3. The van der Waals surface area contributed by atoms with E-state index >= 15 is 0 Å². The van der Waals surface area contributed by atoms with Gasteiger partial charge in [0.15, 0.2) is 0 Å². The summed E-state index contributed by atoms with van der Waals surface area (Å²) in [6.07, 6.45) is 0.922. The van der Waals surface area contributed by atoms with Crippen LogP contribution in [0.25, 0.3) is 0 Å². The fourth-order valence-electron chi connectivity index (χ4n) is 3.20. The van der Waals surface area contributed by atoms with Crippen LogP contribution >= 0.6 is 0 Å². The van der Waals surface area contributed by atoms with Crippen LogP contribution < -0.4 is 9.64 Å². The Balaban J connectivity index is 1.76. The van der Waals surface area contributed by atoms with E-state index in [-0.39, 0.29) is 12.0 Å². The standard InChI is InChI=1S/C24H23NO3/c1-2-18-10-9-15-22(23(18)28-17-21-16-27-21)24(26)25(19-11-5-3-6-12-19)20-13-7-4-8-14-20/h3-15,21H,2,16-17H2,1H3. The number of carbonyl (C=O) groups excluding carboxylic acids is 1. The monoisotopic (exact) mass is 373 g/mol. The molecule has 3 aromatic carbocycles. The van der Waals surface area contributed by atoms with Gasteiger partial charge in [0.1, 0.15) is 18.5 Å². The minimum absolute atomic E-state index is 0.112. The van der Waals surface area contributed by atoms with Gasteiger partial charge >= 0.3 is 0 Å². The second kappa shape index (κ2) is 8.28. The van der Waals surface area contributed by atoms with Crippen molar-refractivity contribution in [2.24, 2.45) is 0 Å². The van der Waals surface area contributed by atoms with Gasteiger partial charge in [0.2, 0.25) is 0 Å². The lowest BCUT2D eigenvalue weighted by Gasteiger charge is -2.25. The van der Waals surface area contributed by atoms with E-state index in [1.807, 2.05) is 78.9 Å². The first-order valence-corrected chi connectivity index (χ1v) is 9.58. The molecule has 0 saturated carbocycles. The predicted octanol–water partition coefficient (Wildman–Crippen LogP) is 5.01. The molecule has 4 rings (SSSR count). The second-order valence-corrected chi connectivity index (χ2v) is 6.73. The summed E-state index contributed by atoms with van der Waals surface area (Å²) < 4.78 is 11.3. The molecule has 0 aromatic heterocycles. The molecular formula is C24H23NO3. The molecule has 1 saturated heterocycles. The van der Waals surface area contributed by atoms with E-state index in [2.05, 4.69) is 6.92 Å². The van der Waals surface area contributed by atoms with Crippen molar-refractivity contribution < 1.29 is 14.3 Å². The first kappa shape index (κ1) is 18.3. The maximum Gasteiger partial charge on any atom is 0.266 e. The van der Waals surface area contributed by atoms with E-state index in [9.17, 15) is 4.79 Å². The third kappa shape index (κ3) is 3.92. The van der Waals surface area contributed by atoms with Crippen LogP contribution in [0.5, 0.6) is 5.75 Å². The summed E-state index contributed by atoms with van der Waals surface area (Å²) in [5, 5.41) is 0. The van der Waals surface area contributed by atoms with Crippen LogP contribution in [-0.4, -0.2) is 25.2 Å². The minimum Gasteiger partial charge on any atom is -0.490 e. The summed E-state index contributed by atoms with van der Waals surface area (Å²) in [5.41, 5.74) is 3.22. The molecule has 28 heavy (non-hydrogen) atoms. The Labute approximate surface area is 165 Å². The van der Waals surface area contributed by atoms with Crippen molar-refractivity contribution in [1.82, 2.24) is 0 Å². The number of benzene rings is 3. The largest absolute Gasteiger partial charge is 0.490 e. The van der Waals surface area contributed by atoms with E-state index in [0.29, 0.717) is 17.9 Å². The highest BCUT2D eigenvalue weighted by Crippen LogP contribution is 2.32. The summed E-state index contributed by atoms with van der Waals surface area (Å²) in [6.45, 7) is 3.25. The van der Waals surface area contributed by atoms with Crippen LogP contribution in [-0.2, 0) is 11.2 Å². The predicted molar refractivity (Wildman–Crippen MR) is 110 cm³/mol. The van der Waals surface area contributed by atoms with Crippen molar-refractivity contribution in [3.05, 3.63) is 90.0 Å². The van der Waals surface area contributed by atoms with Gasteiger partial charge in [0, 0.05) is 11.4 Å². The first-order chi connectivity index (χ1) is 13.8.